The van der Waals surface area contributed by atoms with Crippen molar-refractivity contribution in [3.8, 4) is 0 Å². The Kier molecular flexibility index (Phi) is 6.87. The molecule has 160 valence electrons. The normalized spacial score (nSPS) is 10.6. The summed E-state index contributed by atoms with van der Waals surface area (Å²) in [5.74, 6) is -1.65. The molecular weight excluding hydrogens is 418 g/mol. The minimum atomic E-state index is -0.637. The molecule has 0 saturated carbocycles. The largest absolute Gasteiger partial charge is 0.452 e. The molecule has 0 unspecified atom stereocenters. The predicted octanol–water partition coefficient (Wildman–Crippen LogP) is 3.73. The molecule has 3 aromatic rings. The molecule has 7 nitrogen and oxygen atoms in total. The number of rotatable bonds is 6. The first-order valence-corrected chi connectivity index (χ1v) is 10.0. The third-order valence-corrected chi connectivity index (χ3v) is 5.27. The van der Waals surface area contributed by atoms with Crippen LogP contribution in [-0.4, -0.2) is 35.9 Å². The van der Waals surface area contributed by atoms with Crippen molar-refractivity contribution in [3.05, 3.63) is 69.9 Å². The lowest BCUT2D eigenvalue weighted by atomic mass is 10.0. The first kappa shape index (κ1) is 22.2. The van der Waals surface area contributed by atoms with Crippen molar-refractivity contribution in [3.63, 3.8) is 0 Å². The summed E-state index contributed by atoms with van der Waals surface area (Å²) in [5, 5.41) is 6.48. The number of nitrogens with one attached hydrogen (secondary N) is 2. The molecule has 0 bridgehead atoms. The van der Waals surface area contributed by atoms with E-state index in [1.807, 2.05) is 31.2 Å². The van der Waals surface area contributed by atoms with E-state index in [4.69, 9.17) is 16.3 Å². The van der Waals surface area contributed by atoms with Crippen LogP contribution in [0.15, 0.2) is 42.5 Å². The van der Waals surface area contributed by atoms with Crippen molar-refractivity contribution in [2.75, 3.05) is 18.5 Å². The van der Waals surface area contributed by atoms with Crippen molar-refractivity contribution in [2.45, 2.75) is 20.8 Å². The first-order chi connectivity index (χ1) is 14.8. The number of anilines is 1. The number of para-hydroxylation sites is 1. The number of esters is 1. The standard InChI is InChI=1S/C23H22ClN3O4/c1-13-16-7-4-5-9-19(16)26-15(3)22(13)23(30)31-12-21(29)25-11-20(28)27-18-10-6-8-17(24)14(18)2/h4-10H,11-12H2,1-3H3,(H,25,29)(H,27,28). The van der Waals surface area contributed by atoms with Crippen LogP contribution in [0.25, 0.3) is 10.9 Å². The lowest BCUT2D eigenvalue weighted by Gasteiger charge is -2.12. The van der Waals surface area contributed by atoms with Crippen molar-refractivity contribution in [2.24, 2.45) is 0 Å². The number of hydrogen-bond donors (Lipinski definition) is 2. The van der Waals surface area contributed by atoms with Gasteiger partial charge in [0.1, 0.15) is 0 Å². The fraction of sp³-hybridized carbons (Fsp3) is 0.217. The number of benzene rings is 2. The Bertz CT molecular complexity index is 1180. The summed E-state index contributed by atoms with van der Waals surface area (Å²) in [6.45, 7) is 4.54. The molecule has 2 amide bonds. The summed E-state index contributed by atoms with van der Waals surface area (Å²) in [6, 6.07) is 12.6. The van der Waals surface area contributed by atoms with E-state index in [-0.39, 0.29) is 6.54 Å². The summed E-state index contributed by atoms with van der Waals surface area (Å²) in [5.41, 5.74) is 3.68. The quantitative estimate of drug-likeness (QED) is 0.570. The highest BCUT2D eigenvalue weighted by molar-refractivity contribution is 6.31. The van der Waals surface area contributed by atoms with Crippen LogP contribution in [-0.2, 0) is 14.3 Å². The number of aromatic nitrogens is 1. The molecule has 1 heterocycles. The number of hydrogen-bond acceptors (Lipinski definition) is 5. The number of nitrogens with zero attached hydrogens (tertiary/aromatic N) is 1. The molecule has 0 spiro atoms. The van der Waals surface area contributed by atoms with Gasteiger partial charge in [0.2, 0.25) is 5.91 Å². The third kappa shape index (κ3) is 5.19. The average molecular weight is 440 g/mol. The van der Waals surface area contributed by atoms with Gasteiger partial charge in [0.05, 0.1) is 23.3 Å². The Hall–Kier alpha value is -3.45. The fourth-order valence-electron chi connectivity index (χ4n) is 3.20. The summed E-state index contributed by atoms with van der Waals surface area (Å²) in [4.78, 5) is 41.1. The van der Waals surface area contributed by atoms with Gasteiger partial charge in [-0.3, -0.25) is 14.6 Å². The minimum Gasteiger partial charge on any atom is -0.452 e. The molecule has 0 radical (unpaired) electrons. The van der Waals surface area contributed by atoms with E-state index in [2.05, 4.69) is 15.6 Å². The number of pyridine rings is 1. The van der Waals surface area contributed by atoms with E-state index in [9.17, 15) is 14.4 Å². The highest BCUT2D eigenvalue weighted by atomic mass is 35.5. The molecule has 0 fully saturated rings. The molecule has 2 aromatic carbocycles. The van der Waals surface area contributed by atoms with Crippen molar-refractivity contribution < 1.29 is 19.1 Å². The van der Waals surface area contributed by atoms with Crippen LogP contribution in [0.5, 0.6) is 0 Å². The second-order valence-electron chi connectivity index (χ2n) is 7.03. The Balaban J connectivity index is 1.55. The molecule has 0 saturated heterocycles. The van der Waals surface area contributed by atoms with Crippen molar-refractivity contribution >= 4 is 46.0 Å². The van der Waals surface area contributed by atoms with Crippen LogP contribution in [0.3, 0.4) is 0 Å². The van der Waals surface area contributed by atoms with Crippen LogP contribution >= 0.6 is 11.6 Å². The minimum absolute atomic E-state index is 0.266. The number of ether oxygens (including phenoxy) is 1. The maximum absolute atomic E-state index is 12.5. The molecule has 0 atom stereocenters. The lowest BCUT2D eigenvalue weighted by Crippen LogP contribution is -2.35. The van der Waals surface area contributed by atoms with Gasteiger partial charge in [0.25, 0.3) is 5.91 Å². The smallest absolute Gasteiger partial charge is 0.340 e. The van der Waals surface area contributed by atoms with Crippen molar-refractivity contribution in [1.29, 1.82) is 0 Å². The van der Waals surface area contributed by atoms with Gasteiger partial charge < -0.3 is 15.4 Å². The van der Waals surface area contributed by atoms with Crippen LogP contribution in [0, 0.1) is 20.8 Å². The van der Waals surface area contributed by atoms with E-state index in [1.54, 1.807) is 32.0 Å². The second-order valence-corrected chi connectivity index (χ2v) is 7.43. The molecule has 0 aliphatic heterocycles. The zero-order valence-corrected chi connectivity index (χ0v) is 18.2. The van der Waals surface area contributed by atoms with E-state index >= 15 is 0 Å². The summed E-state index contributed by atoms with van der Waals surface area (Å²) < 4.78 is 5.15. The van der Waals surface area contributed by atoms with E-state index < -0.39 is 24.4 Å². The van der Waals surface area contributed by atoms with Crippen LogP contribution in [0.2, 0.25) is 5.02 Å². The lowest BCUT2D eigenvalue weighted by molar-refractivity contribution is -0.126. The zero-order valence-electron chi connectivity index (χ0n) is 17.4. The SMILES string of the molecule is Cc1nc2ccccc2c(C)c1C(=O)OCC(=O)NCC(=O)Nc1cccc(Cl)c1C. The monoisotopic (exact) mass is 439 g/mol. The van der Waals surface area contributed by atoms with Crippen LogP contribution in [0.4, 0.5) is 5.69 Å². The predicted molar refractivity (Wildman–Crippen MR) is 119 cm³/mol. The number of aryl methyl sites for hydroxylation is 2. The van der Waals surface area contributed by atoms with Gasteiger partial charge in [-0.1, -0.05) is 35.9 Å². The molecule has 8 heteroatoms. The first-order valence-electron chi connectivity index (χ1n) is 9.62. The maximum Gasteiger partial charge on any atom is 0.340 e. The molecule has 3 rings (SSSR count). The Morgan fingerprint density at radius 2 is 1.71 bits per heavy atom. The number of carbonyl (C=O) groups excluding carboxylic acids is 3. The van der Waals surface area contributed by atoms with Gasteiger partial charge in [0.15, 0.2) is 6.61 Å². The third-order valence-electron chi connectivity index (χ3n) is 4.86. The average Bonchev–Trinajstić information content (AvgIpc) is 2.74. The molecule has 0 aliphatic carbocycles. The summed E-state index contributed by atoms with van der Waals surface area (Å²) >= 11 is 6.03. The molecular formula is C23H22ClN3O4. The number of amides is 2. The number of halogens is 1. The maximum atomic E-state index is 12.5. The molecule has 0 aliphatic rings. The van der Waals surface area contributed by atoms with Gasteiger partial charge in [-0.25, -0.2) is 4.79 Å². The van der Waals surface area contributed by atoms with E-state index in [1.165, 1.54) is 0 Å². The Morgan fingerprint density at radius 3 is 2.48 bits per heavy atom. The van der Waals surface area contributed by atoms with E-state index in [0.29, 0.717) is 22.0 Å². The van der Waals surface area contributed by atoms with Gasteiger partial charge in [-0.05, 0) is 50.1 Å². The van der Waals surface area contributed by atoms with Gasteiger partial charge in [-0.2, -0.15) is 0 Å². The second kappa shape index (κ2) is 9.57. The fourth-order valence-corrected chi connectivity index (χ4v) is 3.38. The number of carbonyl (C=O) groups is 3. The van der Waals surface area contributed by atoms with Crippen LogP contribution in [0.1, 0.15) is 27.2 Å². The molecule has 2 N–H and O–H groups in total. The Morgan fingerprint density at radius 1 is 0.968 bits per heavy atom. The molecule has 31 heavy (non-hydrogen) atoms. The Labute approximate surface area is 184 Å². The molecule has 1 aromatic heterocycles. The topological polar surface area (TPSA) is 97.4 Å². The van der Waals surface area contributed by atoms with Crippen LogP contribution < -0.4 is 10.6 Å². The summed E-state index contributed by atoms with van der Waals surface area (Å²) in [7, 11) is 0. The van der Waals surface area contributed by atoms with Gasteiger partial charge in [0, 0.05) is 16.1 Å². The van der Waals surface area contributed by atoms with Gasteiger partial charge >= 0.3 is 5.97 Å². The van der Waals surface area contributed by atoms with Gasteiger partial charge in [-0.15, -0.1) is 0 Å². The number of fused-ring (bicyclic) bond motifs is 1. The van der Waals surface area contributed by atoms with Crippen molar-refractivity contribution in [1.82, 2.24) is 10.3 Å². The highest BCUT2D eigenvalue weighted by Crippen LogP contribution is 2.24. The highest BCUT2D eigenvalue weighted by Gasteiger charge is 2.19. The van der Waals surface area contributed by atoms with E-state index in [0.717, 1.165) is 22.0 Å². The zero-order chi connectivity index (χ0) is 22.5. The summed E-state index contributed by atoms with van der Waals surface area (Å²) in [6.07, 6.45) is 0.